The molecular weight excluding hydrogens is 499 g/mol. The van der Waals surface area contributed by atoms with E-state index in [9.17, 15) is 0 Å². The van der Waals surface area contributed by atoms with Gasteiger partial charge < -0.3 is 25.5 Å². The van der Waals surface area contributed by atoms with Gasteiger partial charge in [0.15, 0.2) is 0 Å². The van der Waals surface area contributed by atoms with Crippen molar-refractivity contribution >= 4 is 10.4 Å². The van der Waals surface area contributed by atoms with Crippen LogP contribution >= 0.6 is 0 Å². The topological polar surface area (TPSA) is 226 Å². The second-order valence-corrected chi connectivity index (χ2v) is 6.08. The Morgan fingerprint density at radius 2 is 0.667 bits per heavy atom. The van der Waals surface area contributed by atoms with Gasteiger partial charge in [-0.25, -0.2) is 0 Å². The van der Waals surface area contributed by atoms with E-state index in [1.807, 2.05) is 72.8 Å². The van der Waals surface area contributed by atoms with E-state index in [0.29, 0.717) is 0 Å². The molecule has 0 aromatic carbocycles. The monoisotopic (exact) mass is 520 g/mol. The van der Waals surface area contributed by atoms with E-state index in [-0.39, 0.29) is 32.9 Å². The second-order valence-electron chi connectivity index (χ2n) is 5.27. The molecule has 0 fully saturated rings. The Morgan fingerprint density at radius 3 is 0.788 bits per heavy atom. The van der Waals surface area contributed by atoms with Crippen molar-refractivity contribution in [3.63, 3.8) is 0 Å². The molecule has 0 aliphatic carbocycles. The quantitative estimate of drug-likeness (QED) is 0.204. The molecule has 0 unspecified atom stereocenters. The van der Waals surface area contributed by atoms with Gasteiger partial charge in [-0.15, -0.1) is 0 Å². The summed E-state index contributed by atoms with van der Waals surface area (Å²) in [5, 5.41) is 0. The molecule has 0 radical (unpaired) electrons. The molecule has 4 aromatic heterocycles. The zero-order chi connectivity index (χ0) is 21.0. The molecule has 0 amide bonds. The van der Waals surface area contributed by atoms with Crippen LogP contribution in [0, 0.1) is 0 Å². The molecule has 0 saturated heterocycles. The predicted molar refractivity (Wildman–Crippen MR) is 116 cm³/mol. The molecule has 11 nitrogen and oxygen atoms in total. The van der Waals surface area contributed by atoms with Crippen molar-refractivity contribution in [2.75, 3.05) is 0 Å². The van der Waals surface area contributed by atoms with E-state index in [2.05, 4.69) is 19.9 Å². The van der Waals surface area contributed by atoms with E-state index >= 15 is 0 Å². The maximum atomic E-state index is 8.52. The zero-order valence-corrected chi connectivity index (χ0v) is 18.7. The molecule has 0 aliphatic heterocycles. The standard InChI is InChI=1S/2C10H8N2.Ni.H2O4S.3H2O/c2*1-3-7-11-9(5-1)10-6-2-4-8-12-10;;1-5(2,3)4;;;/h2*1-8H;;(H2,1,2,3,4);3*1H2/q;;+2;;;;/p-2. The fraction of sp³-hybridized carbons (Fsp3) is 0. The molecule has 4 aromatic rings. The normalized spacial score (nSPS) is 8.79. The number of aromatic nitrogens is 4. The predicted octanol–water partition coefficient (Wildman–Crippen LogP) is 0.473. The van der Waals surface area contributed by atoms with Crippen LogP contribution < -0.4 is 0 Å². The van der Waals surface area contributed by atoms with Gasteiger partial charge in [-0.3, -0.25) is 28.4 Å². The minimum absolute atomic E-state index is 0. The van der Waals surface area contributed by atoms with Crippen molar-refractivity contribution in [2.45, 2.75) is 0 Å². The van der Waals surface area contributed by atoms with Crippen molar-refractivity contribution in [1.29, 1.82) is 0 Å². The third-order valence-electron chi connectivity index (χ3n) is 3.18. The van der Waals surface area contributed by atoms with E-state index in [1.54, 1.807) is 24.8 Å². The maximum Gasteiger partial charge on any atom is 2.00 e. The number of hydrogen-bond donors (Lipinski definition) is 0. The molecule has 0 atom stereocenters. The van der Waals surface area contributed by atoms with E-state index < -0.39 is 10.4 Å². The Bertz CT molecular complexity index is 922. The van der Waals surface area contributed by atoms with E-state index in [0.717, 1.165) is 22.8 Å². The smallest absolute Gasteiger partial charge is 0.759 e. The van der Waals surface area contributed by atoms with Gasteiger partial charge in [0.25, 0.3) is 0 Å². The van der Waals surface area contributed by atoms with Gasteiger partial charge in [-0.2, -0.15) is 0 Å². The number of pyridine rings is 4. The molecule has 4 heterocycles. The molecule has 0 aliphatic rings. The largest absolute Gasteiger partial charge is 2.00 e. The van der Waals surface area contributed by atoms with E-state index in [1.165, 1.54) is 0 Å². The Morgan fingerprint density at radius 1 is 0.485 bits per heavy atom. The third-order valence-corrected chi connectivity index (χ3v) is 3.18. The van der Waals surface area contributed by atoms with Crippen LogP contribution in [0.1, 0.15) is 0 Å². The van der Waals surface area contributed by atoms with Gasteiger partial charge in [-0.1, -0.05) is 24.3 Å². The molecule has 180 valence electrons. The summed E-state index contributed by atoms with van der Waals surface area (Å²) in [4.78, 5) is 16.7. The first-order chi connectivity index (χ1) is 13.9. The first kappa shape index (κ1) is 34.5. The first-order valence-electron chi connectivity index (χ1n) is 8.25. The molecule has 6 N–H and O–H groups in total. The summed E-state index contributed by atoms with van der Waals surface area (Å²) < 4.78 is 34.1. The Hall–Kier alpha value is -3.16. The van der Waals surface area contributed by atoms with Gasteiger partial charge in [0.05, 0.1) is 22.8 Å². The van der Waals surface area contributed by atoms with Crippen molar-refractivity contribution < 1.29 is 50.4 Å². The Balaban J connectivity index is -0.000000414. The van der Waals surface area contributed by atoms with Crippen LogP contribution in [0.2, 0.25) is 0 Å². The number of nitrogens with zero attached hydrogens (tertiary/aromatic N) is 4. The first-order valence-corrected chi connectivity index (χ1v) is 9.58. The van der Waals surface area contributed by atoms with Crippen LogP contribution in [0.15, 0.2) is 97.6 Å². The van der Waals surface area contributed by atoms with Crippen LogP contribution in [0.4, 0.5) is 0 Å². The van der Waals surface area contributed by atoms with Crippen molar-refractivity contribution in [2.24, 2.45) is 0 Å². The number of hydrogen-bond acceptors (Lipinski definition) is 8. The zero-order valence-electron chi connectivity index (χ0n) is 16.9. The summed E-state index contributed by atoms with van der Waals surface area (Å²) in [6, 6.07) is 23.2. The van der Waals surface area contributed by atoms with Crippen molar-refractivity contribution in [3.05, 3.63) is 97.6 Å². The molecule has 13 heteroatoms. The van der Waals surface area contributed by atoms with Gasteiger partial charge in [0, 0.05) is 35.2 Å². The second kappa shape index (κ2) is 18.4. The van der Waals surface area contributed by atoms with Gasteiger partial charge in [0.1, 0.15) is 0 Å². The van der Waals surface area contributed by atoms with Gasteiger partial charge in [-0.05, 0) is 48.5 Å². The minimum Gasteiger partial charge on any atom is -0.759 e. The van der Waals surface area contributed by atoms with Crippen molar-refractivity contribution in [3.8, 4) is 22.8 Å². The fourth-order valence-electron chi connectivity index (χ4n) is 2.06. The minimum atomic E-state index is -5.17. The van der Waals surface area contributed by atoms with Crippen LogP contribution in [0.3, 0.4) is 0 Å². The maximum absolute atomic E-state index is 8.52. The summed E-state index contributed by atoms with van der Waals surface area (Å²) in [6.07, 6.45) is 7.07. The molecule has 0 saturated carbocycles. The summed E-state index contributed by atoms with van der Waals surface area (Å²) in [6.45, 7) is 0. The molecule has 0 bridgehead atoms. The molecular formula is C20H22N4NiO7S. The molecule has 0 spiro atoms. The molecule has 4 rings (SSSR count). The SMILES string of the molecule is O.O.O.O=S(=O)([O-])[O-].[Ni+2].c1ccc(-c2ccccn2)nc1.c1ccc(-c2ccccn2)nc1. The van der Waals surface area contributed by atoms with Gasteiger partial charge >= 0.3 is 16.5 Å². The number of rotatable bonds is 2. The summed E-state index contributed by atoms with van der Waals surface area (Å²) in [5.41, 5.74) is 3.66. The van der Waals surface area contributed by atoms with Crippen molar-refractivity contribution in [1.82, 2.24) is 19.9 Å². The Kier molecular flexibility index (Phi) is 19.2. The summed E-state index contributed by atoms with van der Waals surface area (Å²) in [5.74, 6) is 0. The van der Waals surface area contributed by atoms with Gasteiger partial charge in [0.2, 0.25) is 0 Å². The summed E-state index contributed by atoms with van der Waals surface area (Å²) >= 11 is 0. The average Bonchev–Trinajstić information content (AvgIpc) is 2.76. The van der Waals surface area contributed by atoms with Crippen LogP contribution in [-0.4, -0.2) is 53.9 Å². The van der Waals surface area contributed by atoms with E-state index in [4.69, 9.17) is 17.5 Å². The van der Waals surface area contributed by atoms with Crippen LogP contribution in [0.5, 0.6) is 0 Å². The Labute approximate surface area is 201 Å². The molecule has 33 heavy (non-hydrogen) atoms. The fourth-order valence-corrected chi connectivity index (χ4v) is 2.06. The summed E-state index contributed by atoms with van der Waals surface area (Å²) in [7, 11) is -5.17. The third kappa shape index (κ3) is 15.3. The van der Waals surface area contributed by atoms with Crippen LogP contribution in [0.25, 0.3) is 22.8 Å². The average molecular weight is 521 g/mol. The van der Waals surface area contributed by atoms with Crippen LogP contribution in [-0.2, 0) is 26.9 Å².